The Bertz CT molecular complexity index is 1030. The van der Waals surface area contributed by atoms with Gasteiger partial charge < -0.3 is 14.6 Å². The third-order valence-corrected chi connectivity index (χ3v) is 5.86. The van der Waals surface area contributed by atoms with Crippen molar-refractivity contribution in [1.29, 1.82) is 0 Å². The summed E-state index contributed by atoms with van der Waals surface area (Å²) < 4.78 is 8.87. The van der Waals surface area contributed by atoms with Crippen LogP contribution < -0.4 is 10.1 Å². The summed E-state index contributed by atoms with van der Waals surface area (Å²) in [7, 11) is 0. The van der Waals surface area contributed by atoms with Crippen molar-refractivity contribution in [2.75, 3.05) is 11.1 Å². The number of thioether (sulfide) groups is 1. The third-order valence-electron chi connectivity index (χ3n) is 4.19. The maximum Gasteiger partial charge on any atom is 0.236 e. The predicted molar refractivity (Wildman–Crippen MR) is 122 cm³/mol. The predicted octanol–water partition coefficient (Wildman–Crippen LogP) is 5.29. The van der Waals surface area contributed by atoms with Crippen LogP contribution in [0.25, 0.3) is 0 Å². The lowest BCUT2D eigenvalue weighted by atomic mass is 10.2. The van der Waals surface area contributed by atoms with E-state index in [1.807, 2.05) is 43.5 Å². The van der Waals surface area contributed by atoms with E-state index >= 15 is 0 Å². The summed E-state index contributed by atoms with van der Waals surface area (Å²) in [6, 6.07) is 9.04. The molecule has 10 heteroatoms. The molecule has 0 spiro atoms. The first-order valence-corrected chi connectivity index (χ1v) is 11.4. The number of pyridine rings is 1. The highest BCUT2D eigenvalue weighted by Crippen LogP contribution is 2.28. The van der Waals surface area contributed by atoms with E-state index in [-0.39, 0.29) is 17.8 Å². The summed E-state index contributed by atoms with van der Waals surface area (Å²) in [5.74, 6) is 1.98. The van der Waals surface area contributed by atoms with E-state index in [1.54, 1.807) is 18.3 Å². The molecule has 0 saturated carbocycles. The molecule has 1 N–H and O–H groups in total. The Kier molecular flexibility index (Phi) is 7.74. The highest BCUT2D eigenvalue weighted by molar-refractivity contribution is 9.10. The molecule has 0 aliphatic carbocycles. The third kappa shape index (κ3) is 5.74. The molecular formula is C20H21BrClN5O2S. The number of carbonyl (C=O) groups is 1. The van der Waals surface area contributed by atoms with Crippen LogP contribution in [0.5, 0.6) is 5.75 Å². The lowest BCUT2D eigenvalue weighted by Gasteiger charge is -2.17. The Hall–Kier alpha value is -2.10. The van der Waals surface area contributed by atoms with Crippen molar-refractivity contribution in [3.63, 3.8) is 0 Å². The first-order chi connectivity index (χ1) is 14.4. The maximum atomic E-state index is 12.2. The number of hydrogen-bond acceptors (Lipinski definition) is 6. The molecule has 1 atom stereocenters. The average Bonchev–Trinajstić information content (AvgIpc) is 3.13. The number of amides is 1. The minimum atomic E-state index is -0.313. The van der Waals surface area contributed by atoms with E-state index in [9.17, 15) is 4.79 Å². The molecule has 30 heavy (non-hydrogen) atoms. The molecule has 3 aromatic rings. The Morgan fingerprint density at radius 1 is 1.33 bits per heavy atom. The molecule has 0 fully saturated rings. The van der Waals surface area contributed by atoms with Gasteiger partial charge in [-0.2, -0.15) is 0 Å². The lowest BCUT2D eigenvalue weighted by molar-refractivity contribution is -0.113. The molecule has 7 nitrogen and oxygen atoms in total. The van der Waals surface area contributed by atoms with Crippen molar-refractivity contribution < 1.29 is 9.53 Å². The number of rotatable bonds is 8. The van der Waals surface area contributed by atoms with Gasteiger partial charge in [-0.3, -0.25) is 4.79 Å². The molecule has 3 rings (SSSR count). The van der Waals surface area contributed by atoms with E-state index in [1.165, 1.54) is 11.8 Å². The molecule has 0 bridgehead atoms. The molecule has 2 aromatic heterocycles. The number of hydrogen-bond donors (Lipinski definition) is 1. The number of aryl methyl sites for hydroxylation is 1. The molecule has 1 amide bonds. The van der Waals surface area contributed by atoms with Gasteiger partial charge in [-0.05, 0) is 72.6 Å². The Balaban J connectivity index is 1.64. The van der Waals surface area contributed by atoms with E-state index in [4.69, 9.17) is 16.3 Å². The minimum Gasteiger partial charge on any atom is -0.482 e. The number of aromatic nitrogens is 4. The van der Waals surface area contributed by atoms with Gasteiger partial charge in [-0.15, -0.1) is 10.2 Å². The number of benzene rings is 1. The monoisotopic (exact) mass is 509 g/mol. The smallest absolute Gasteiger partial charge is 0.236 e. The highest BCUT2D eigenvalue weighted by Gasteiger charge is 2.20. The van der Waals surface area contributed by atoms with Crippen molar-refractivity contribution >= 4 is 51.0 Å². The number of anilines is 1. The number of nitrogens with one attached hydrogen (secondary N) is 1. The molecule has 1 unspecified atom stereocenters. The first kappa shape index (κ1) is 22.6. The molecular weight excluding hydrogens is 490 g/mol. The van der Waals surface area contributed by atoms with Crippen molar-refractivity contribution in [1.82, 2.24) is 19.7 Å². The second-order valence-electron chi connectivity index (χ2n) is 6.45. The highest BCUT2D eigenvalue weighted by atomic mass is 79.9. The lowest BCUT2D eigenvalue weighted by Crippen LogP contribution is -2.16. The topological polar surface area (TPSA) is 81.9 Å². The second kappa shape index (κ2) is 10.3. The maximum absolute atomic E-state index is 12.2. The van der Waals surface area contributed by atoms with Crippen LogP contribution >= 0.6 is 39.3 Å². The van der Waals surface area contributed by atoms with Gasteiger partial charge >= 0.3 is 0 Å². The fourth-order valence-electron chi connectivity index (χ4n) is 2.75. The van der Waals surface area contributed by atoms with Crippen LogP contribution in [0.2, 0.25) is 5.02 Å². The summed E-state index contributed by atoms with van der Waals surface area (Å²) in [6.45, 7) is 6.53. The standard InChI is InChI=1S/C20H21BrClN5O2S/c1-4-27-19(13(3)29-16-7-6-15(22)9-12(16)2)25-26-20(27)30-11-18(28)24-17-8-5-14(21)10-23-17/h5-10,13H,4,11H2,1-3H3,(H,23,24,28). The van der Waals surface area contributed by atoms with Crippen LogP contribution in [0.3, 0.4) is 0 Å². The normalized spacial score (nSPS) is 11.9. The van der Waals surface area contributed by atoms with Gasteiger partial charge in [-0.1, -0.05) is 23.4 Å². The molecule has 0 aliphatic rings. The zero-order valence-electron chi connectivity index (χ0n) is 16.7. The fourth-order valence-corrected chi connectivity index (χ4v) is 4.02. The minimum absolute atomic E-state index is 0.164. The van der Waals surface area contributed by atoms with Gasteiger partial charge in [0.15, 0.2) is 17.1 Å². The number of carbonyl (C=O) groups excluding carboxylic acids is 1. The van der Waals surface area contributed by atoms with Gasteiger partial charge in [0.1, 0.15) is 11.6 Å². The Labute approximate surface area is 192 Å². The average molecular weight is 511 g/mol. The quantitative estimate of drug-likeness (QED) is 0.415. The van der Waals surface area contributed by atoms with Gasteiger partial charge in [0.2, 0.25) is 5.91 Å². The summed E-state index contributed by atoms with van der Waals surface area (Å²) >= 11 is 10.7. The number of nitrogens with zero attached hydrogens (tertiary/aromatic N) is 4. The van der Waals surface area contributed by atoms with Crippen molar-refractivity contribution in [3.8, 4) is 5.75 Å². The Morgan fingerprint density at radius 3 is 2.80 bits per heavy atom. The Morgan fingerprint density at radius 2 is 2.13 bits per heavy atom. The zero-order valence-corrected chi connectivity index (χ0v) is 19.9. The molecule has 0 saturated heterocycles. The van der Waals surface area contributed by atoms with Crippen LogP contribution in [0, 0.1) is 6.92 Å². The van der Waals surface area contributed by atoms with Crippen LogP contribution in [-0.2, 0) is 11.3 Å². The summed E-state index contributed by atoms with van der Waals surface area (Å²) in [6.07, 6.45) is 1.32. The van der Waals surface area contributed by atoms with E-state index in [2.05, 4.69) is 36.4 Å². The van der Waals surface area contributed by atoms with E-state index in [0.29, 0.717) is 28.4 Å². The summed E-state index contributed by atoms with van der Waals surface area (Å²) in [4.78, 5) is 16.4. The molecule has 2 heterocycles. The van der Waals surface area contributed by atoms with Gasteiger partial charge in [0.05, 0.1) is 5.75 Å². The van der Waals surface area contributed by atoms with Crippen molar-refractivity contribution in [3.05, 3.63) is 57.4 Å². The zero-order chi connectivity index (χ0) is 21.7. The van der Waals surface area contributed by atoms with Crippen LogP contribution in [0.1, 0.15) is 31.3 Å². The van der Waals surface area contributed by atoms with Crippen LogP contribution in [-0.4, -0.2) is 31.4 Å². The molecule has 1 aromatic carbocycles. The molecule has 158 valence electrons. The van der Waals surface area contributed by atoms with E-state index in [0.717, 1.165) is 15.8 Å². The summed E-state index contributed by atoms with van der Waals surface area (Å²) in [5.41, 5.74) is 0.949. The van der Waals surface area contributed by atoms with Crippen molar-refractivity contribution in [2.45, 2.75) is 38.6 Å². The van der Waals surface area contributed by atoms with Gasteiger partial charge in [0, 0.05) is 22.2 Å². The van der Waals surface area contributed by atoms with Crippen LogP contribution in [0.15, 0.2) is 46.2 Å². The van der Waals surface area contributed by atoms with Gasteiger partial charge in [0.25, 0.3) is 0 Å². The van der Waals surface area contributed by atoms with Crippen molar-refractivity contribution in [2.24, 2.45) is 0 Å². The second-order valence-corrected chi connectivity index (χ2v) is 8.75. The van der Waals surface area contributed by atoms with E-state index < -0.39 is 0 Å². The number of ether oxygens (including phenoxy) is 1. The SMILES string of the molecule is CCn1c(SCC(=O)Nc2ccc(Br)cn2)nnc1C(C)Oc1ccc(Cl)cc1C. The first-order valence-electron chi connectivity index (χ1n) is 9.27. The number of halogens is 2. The molecule has 0 radical (unpaired) electrons. The van der Waals surface area contributed by atoms with Crippen LogP contribution in [0.4, 0.5) is 5.82 Å². The largest absolute Gasteiger partial charge is 0.482 e. The van der Waals surface area contributed by atoms with Gasteiger partial charge in [-0.25, -0.2) is 4.98 Å². The molecule has 0 aliphatic heterocycles. The fraction of sp³-hybridized carbons (Fsp3) is 0.300. The summed E-state index contributed by atoms with van der Waals surface area (Å²) in [5, 5.41) is 12.6.